The Bertz CT molecular complexity index is 1080. The lowest BCUT2D eigenvalue weighted by atomic mass is 10.1. The Morgan fingerprint density at radius 1 is 0.926 bits per heavy atom. The van der Waals surface area contributed by atoms with Gasteiger partial charge >= 0.3 is 0 Å². The lowest BCUT2D eigenvalue weighted by Gasteiger charge is -2.18. The molecule has 0 bridgehead atoms. The molecule has 0 atom stereocenters. The number of anilines is 1. The van der Waals surface area contributed by atoms with Gasteiger partial charge in [-0.25, -0.2) is 4.98 Å². The second-order valence-electron chi connectivity index (χ2n) is 6.66. The zero-order valence-corrected chi connectivity index (χ0v) is 15.5. The fourth-order valence-corrected chi connectivity index (χ4v) is 3.20. The van der Waals surface area contributed by atoms with Crippen molar-refractivity contribution in [2.24, 2.45) is 0 Å². The SMILES string of the molecule is Cc1ccc(-c2nc3ccccc3n2CC(=O)N(C)c2ccccc2)cc1. The smallest absolute Gasteiger partial charge is 0.246 e. The number of fused-ring (bicyclic) bond motifs is 1. The summed E-state index contributed by atoms with van der Waals surface area (Å²) in [6, 6.07) is 25.9. The largest absolute Gasteiger partial charge is 0.314 e. The van der Waals surface area contributed by atoms with Gasteiger partial charge in [-0.3, -0.25) is 4.79 Å². The number of likely N-dealkylation sites (N-methyl/N-ethyl adjacent to an activating group) is 1. The number of carbonyl (C=O) groups excluding carboxylic acids is 1. The molecule has 4 nitrogen and oxygen atoms in total. The number of nitrogens with zero attached hydrogens (tertiary/aromatic N) is 3. The Hall–Kier alpha value is -3.40. The first-order chi connectivity index (χ1) is 13.1. The van der Waals surface area contributed by atoms with Gasteiger partial charge in [-0.05, 0) is 31.2 Å². The van der Waals surface area contributed by atoms with E-state index in [-0.39, 0.29) is 12.5 Å². The maximum absolute atomic E-state index is 13.0. The summed E-state index contributed by atoms with van der Waals surface area (Å²) in [4.78, 5) is 19.4. The van der Waals surface area contributed by atoms with Crippen molar-refractivity contribution in [3.8, 4) is 11.4 Å². The lowest BCUT2D eigenvalue weighted by molar-refractivity contribution is -0.118. The summed E-state index contributed by atoms with van der Waals surface area (Å²) in [5.41, 5.74) is 4.93. The van der Waals surface area contributed by atoms with Gasteiger partial charge in [-0.2, -0.15) is 0 Å². The van der Waals surface area contributed by atoms with Crippen LogP contribution in [0.2, 0.25) is 0 Å². The van der Waals surface area contributed by atoms with Gasteiger partial charge in [0.1, 0.15) is 12.4 Å². The number of amides is 1. The Morgan fingerprint density at radius 3 is 2.33 bits per heavy atom. The number of para-hydroxylation sites is 3. The third-order valence-electron chi connectivity index (χ3n) is 4.78. The predicted molar refractivity (Wildman–Crippen MR) is 110 cm³/mol. The molecule has 1 amide bonds. The van der Waals surface area contributed by atoms with Gasteiger partial charge in [0.15, 0.2) is 0 Å². The number of aromatic nitrogens is 2. The summed E-state index contributed by atoms with van der Waals surface area (Å²) in [5, 5.41) is 0. The standard InChI is InChI=1S/C23H21N3O/c1-17-12-14-18(15-13-17)23-24-20-10-6-7-11-21(20)26(23)16-22(27)25(2)19-8-4-3-5-9-19/h3-15H,16H2,1-2H3. The molecule has 134 valence electrons. The fraction of sp³-hybridized carbons (Fsp3) is 0.130. The monoisotopic (exact) mass is 355 g/mol. The first-order valence-electron chi connectivity index (χ1n) is 8.97. The van der Waals surface area contributed by atoms with E-state index in [4.69, 9.17) is 4.98 Å². The summed E-state index contributed by atoms with van der Waals surface area (Å²) in [5.74, 6) is 0.823. The molecule has 0 N–H and O–H groups in total. The van der Waals surface area contributed by atoms with Crippen LogP contribution in [0.1, 0.15) is 5.56 Å². The molecule has 0 radical (unpaired) electrons. The molecule has 3 aromatic carbocycles. The van der Waals surface area contributed by atoms with E-state index < -0.39 is 0 Å². The number of hydrogen-bond donors (Lipinski definition) is 0. The summed E-state index contributed by atoms with van der Waals surface area (Å²) >= 11 is 0. The first kappa shape index (κ1) is 17.0. The molecule has 4 rings (SSSR count). The first-order valence-corrected chi connectivity index (χ1v) is 8.97. The van der Waals surface area contributed by atoms with Gasteiger partial charge in [0, 0.05) is 18.3 Å². The van der Waals surface area contributed by atoms with Crippen molar-refractivity contribution in [1.29, 1.82) is 0 Å². The van der Waals surface area contributed by atoms with Crippen LogP contribution in [0, 0.1) is 6.92 Å². The molecular weight excluding hydrogens is 334 g/mol. The highest BCUT2D eigenvalue weighted by Crippen LogP contribution is 2.25. The van der Waals surface area contributed by atoms with Gasteiger partial charge in [0.2, 0.25) is 5.91 Å². The number of benzene rings is 3. The van der Waals surface area contributed by atoms with Crippen molar-refractivity contribution in [2.45, 2.75) is 13.5 Å². The molecule has 0 aliphatic carbocycles. The van der Waals surface area contributed by atoms with E-state index in [0.29, 0.717) is 0 Å². The minimum Gasteiger partial charge on any atom is -0.314 e. The molecule has 0 aliphatic rings. The third-order valence-corrected chi connectivity index (χ3v) is 4.78. The third kappa shape index (κ3) is 3.34. The van der Waals surface area contributed by atoms with Crippen molar-refractivity contribution < 1.29 is 4.79 Å². The predicted octanol–water partition coefficient (Wildman–Crippen LogP) is 4.67. The van der Waals surface area contributed by atoms with Crippen molar-refractivity contribution in [1.82, 2.24) is 9.55 Å². The van der Waals surface area contributed by atoms with E-state index in [9.17, 15) is 4.79 Å². The Morgan fingerprint density at radius 2 is 1.59 bits per heavy atom. The summed E-state index contributed by atoms with van der Waals surface area (Å²) in [7, 11) is 1.81. The van der Waals surface area contributed by atoms with E-state index >= 15 is 0 Å². The molecule has 4 aromatic rings. The van der Waals surface area contributed by atoms with Crippen molar-refractivity contribution in [3.05, 3.63) is 84.4 Å². The van der Waals surface area contributed by atoms with Crippen LogP contribution in [0.3, 0.4) is 0 Å². The summed E-state index contributed by atoms with van der Waals surface area (Å²) in [6.07, 6.45) is 0. The van der Waals surface area contributed by atoms with E-state index in [0.717, 1.165) is 28.1 Å². The topological polar surface area (TPSA) is 38.1 Å². The van der Waals surface area contributed by atoms with Crippen LogP contribution in [0.25, 0.3) is 22.4 Å². The van der Waals surface area contributed by atoms with Crippen LogP contribution in [0.4, 0.5) is 5.69 Å². The lowest BCUT2D eigenvalue weighted by Crippen LogP contribution is -2.30. The molecule has 0 spiro atoms. The second kappa shape index (κ2) is 7.08. The van der Waals surface area contributed by atoms with Crippen LogP contribution < -0.4 is 4.90 Å². The van der Waals surface area contributed by atoms with Gasteiger partial charge in [0.25, 0.3) is 0 Å². The molecule has 27 heavy (non-hydrogen) atoms. The molecule has 0 aliphatic heterocycles. The number of imidazole rings is 1. The maximum atomic E-state index is 13.0. The highest BCUT2D eigenvalue weighted by Gasteiger charge is 2.18. The maximum Gasteiger partial charge on any atom is 0.246 e. The molecule has 0 fully saturated rings. The van der Waals surface area contributed by atoms with Crippen LogP contribution in [0.5, 0.6) is 0 Å². The molecule has 0 unspecified atom stereocenters. The average Bonchev–Trinajstić information content (AvgIpc) is 3.07. The van der Waals surface area contributed by atoms with Gasteiger partial charge in [-0.15, -0.1) is 0 Å². The molecule has 0 saturated carbocycles. The van der Waals surface area contributed by atoms with E-state index in [1.54, 1.807) is 4.90 Å². The fourth-order valence-electron chi connectivity index (χ4n) is 3.20. The minimum absolute atomic E-state index is 0.0118. The Labute approximate surface area is 158 Å². The van der Waals surface area contributed by atoms with Crippen LogP contribution >= 0.6 is 0 Å². The van der Waals surface area contributed by atoms with Crippen molar-refractivity contribution in [2.75, 3.05) is 11.9 Å². The van der Waals surface area contributed by atoms with Crippen LogP contribution in [-0.2, 0) is 11.3 Å². The minimum atomic E-state index is 0.0118. The molecule has 4 heteroatoms. The normalized spacial score (nSPS) is 10.9. The summed E-state index contributed by atoms with van der Waals surface area (Å²) in [6.45, 7) is 2.29. The van der Waals surface area contributed by atoms with E-state index in [2.05, 4.69) is 31.2 Å². The highest BCUT2D eigenvalue weighted by molar-refractivity contribution is 5.94. The highest BCUT2D eigenvalue weighted by atomic mass is 16.2. The zero-order valence-electron chi connectivity index (χ0n) is 15.5. The number of hydrogen-bond acceptors (Lipinski definition) is 2. The number of carbonyl (C=O) groups is 1. The van der Waals surface area contributed by atoms with Gasteiger partial charge in [-0.1, -0.05) is 60.2 Å². The molecule has 1 aromatic heterocycles. The Kier molecular flexibility index (Phi) is 4.47. The van der Waals surface area contributed by atoms with Gasteiger partial charge in [0.05, 0.1) is 11.0 Å². The zero-order chi connectivity index (χ0) is 18.8. The van der Waals surface area contributed by atoms with Crippen LogP contribution in [0.15, 0.2) is 78.9 Å². The average molecular weight is 355 g/mol. The van der Waals surface area contributed by atoms with E-state index in [1.807, 2.05) is 66.2 Å². The number of aryl methyl sites for hydroxylation is 1. The molecule has 0 saturated heterocycles. The van der Waals surface area contributed by atoms with Crippen molar-refractivity contribution in [3.63, 3.8) is 0 Å². The Balaban J connectivity index is 1.75. The van der Waals surface area contributed by atoms with Crippen molar-refractivity contribution >= 4 is 22.6 Å². The van der Waals surface area contributed by atoms with Crippen LogP contribution in [-0.4, -0.2) is 22.5 Å². The second-order valence-corrected chi connectivity index (χ2v) is 6.66. The summed E-state index contributed by atoms with van der Waals surface area (Å²) < 4.78 is 2.00. The number of rotatable bonds is 4. The molecule has 1 heterocycles. The molecular formula is C23H21N3O. The van der Waals surface area contributed by atoms with Gasteiger partial charge < -0.3 is 9.47 Å². The van der Waals surface area contributed by atoms with E-state index in [1.165, 1.54) is 5.56 Å². The quantitative estimate of drug-likeness (QED) is 0.533.